The number of guanidine groups is 1. The second kappa shape index (κ2) is 11.1. The molecule has 1 aliphatic carbocycles. The van der Waals surface area contributed by atoms with Gasteiger partial charge in [0, 0.05) is 44.8 Å². The Kier molecular flexibility index (Phi) is 7.69. The molecule has 14 heteroatoms. The highest BCUT2D eigenvalue weighted by atomic mass is 19.1. The van der Waals surface area contributed by atoms with Crippen LogP contribution in [-0.2, 0) is 9.53 Å². The van der Waals surface area contributed by atoms with E-state index in [9.17, 15) is 14.0 Å². The van der Waals surface area contributed by atoms with E-state index in [4.69, 9.17) is 22.2 Å². The Balaban J connectivity index is 1.45. The molecule has 4 rings (SSSR count). The molecule has 37 heavy (non-hydrogen) atoms. The molecule has 13 nitrogen and oxygen atoms in total. The quantitative estimate of drug-likeness (QED) is 0.0868. The number of fused-ring (bicyclic) bond motifs is 1. The number of carbonyl (C=O) groups excluding carboxylic acids is 2. The Bertz CT molecular complexity index is 1290. The number of ketones is 1. The molecule has 0 aromatic carbocycles. The summed E-state index contributed by atoms with van der Waals surface area (Å²) in [5.41, 5.74) is 8.05. The minimum atomic E-state index is -0.840. The van der Waals surface area contributed by atoms with Crippen LogP contribution in [0.3, 0.4) is 0 Å². The van der Waals surface area contributed by atoms with Crippen molar-refractivity contribution in [2.24, 2.45) is 22.4 Å². The topological polar surface area (TPSA) is 184 Å². The number of ether oxygens (including phenoxy) is 1. The van der Waals surface area contributed by atoms with Crippen LogP contribution < -0.4 is 27.9 Å². The number of aromatic amines is 1. The first-order chi connectivity index (χ1) is 17.9. The summed E-state index contributed by atoms with van der Waals surface area (Å²) in [4.78, 5) is 40.8. The number of rotatable bonds is 6. The smallest absolute Gasteiger partial charge is 0.295 e. The van der Waals surface area contributed by atoms with Gasteiger partial charge in [0.05, 0.1) is 35.8 Å². The first kappa shape index (κ1) is 25.7. The molecule has 2 aromatic heterocycles. The van der Waals surface area contributed by atoms with Crippen LogP contribution in [0.15, 0.2) is 53.8 Å². The Labute approximate surface area is 212 Å². The van der Waals surface area contributed by atoms with Crippen LogP contribution in [0.5, 0.6) is 0 Å². The largest absolute Gasteiger partial charge is 0.497 e. The first-order valence-electron chi connectivity index (χ1n) is 11.5. The molecule has 2 aromatic rings. The lowest BCUT2D eigenvalue weighted by Crippen LogP contribution is -2.56. The van der Waals surface area contributed by atoms with Gasteiger partial charge >= 0.3 is 0 Å². The molecule has 1 saturated heterocycles. The highest BCUT2D eigenvalue weighted by Gasteiger charge is 2.31. The lowest BCUT2D eigenvalue weighted by molar-refractivity contribution is -0.127. The fourth-order valence-electron chi connectivity index (χ4n) is 4.22. The van der Waals surface area contributed by atoms with Gasteiger partial charge in [-0.3, -0.25) is 20.0 Å². The van der Waals surface area contributed by atoms with Crippen LogP contribution in [0.25, 0.3) is 10.9 Å². The van der Waals surface area contributed by atoms with Crippen molar-refractivity contribution < 1.29 is 18.7 Å². The predicted molar refractivity (Wildman–Crippen MR) is 136 cm³/mol. The summed E-state index contributed by atoms with van der Waals surface area (Å²) in [5.74, 6) is 10.6. The van der Waals surface area contributed by atoms with Gasteiger partial charge in [-0.2, -0.15) is 0 Å². The van der Waals surface area contributed by atoms with Crippen molar-refractivity contribution in [2.45, 2.75) is 12.5 Å². The minimum absolute atomic E-state index is 0.0733. The van der Waals surface area contributed by atoms with E-state index in [1.807, 2.05) is 23.1 Å². The maximum atomic E-state index is 14.7. The number of hydrogen-bond donors (Lipinski definition) is 5. The second-order valence-corrected chi connectivity index (χ2v) is 8.31. The number of anilines is 1. The van der Waals surface area contributed by atoms with E-state index in [0.29, 0.717) is 25.5 Å². The number of allylic oxidation sites excluding steroid dienone is 1. The van der Waals surface area contributed by atoms with Crippen LogP contribution in [0, 0.1) is 5.82 Å². The first-order valence-corrected chi connectivity index (χ1v) is 11.5. The van der Waals surface area contributed by atoms with Crippen molar-refractivity contribution in [2.75, 3.05) is 38.3 Å². The van der Waals surface area contributed by atoms with Gasteiger partial charge in [0.25, 0.3) is 11.7 Å². The molecule has 1 aliphatic heterocycles. The molecule has 0 spiro atoms. The van der Waals surface area contributed by atoms with Gasteiger partial charge < -0.3 is 25.3 Å². The zero-order chi connectivity index (χ0) is 26.5. The summed E-state index contributed by atoms with van der Waals surface area (Å²) in [6.07, 6.45) is 11.1. The molecular formula is C23H29FN10O3. The SMILES string of the molecule is COC1=CCC(N=C(NN)N2CCN(C(=O)C(=O)c3c[nH]c4c(N(N)/C=C\N)ncc(F)c34)CC2)C=C1. The van der Waals surface area contributed by atoms with Crippen molar-refractivity contribution >= 4 is 34.4 Å². The highest BCUT2D eigenvalue weighted by Crippen LogP contribution is 2.28. The molecule has 8 N–H and O–H groups in total. The number of aliphatic imine (C=N–C) groups is 1. The monoisotopic (exact) mass is 512 g/mol. The molecule has 1 unspecified atom stereocenters. The summed E-state index contributed by atoms with van der Waals surface area (Å²) < 4.78 is 19.9. The molecule has 0 bridgehead atoms. The fourth-order valence-corrected chi connectivity index (χ4v) is 4.22. The van der Waals surface area contributed by atoms with E-state index in [2.05, 4.69) is 20.4 Å². The number of Topliss-reactive ketones (excluding diaryl/α,β-unsaturated/α-hetero) is 1. The third kappa shape index (κ3) is 5.24. The standard InChI is InChI=1S/C23H29FN10O3/c1-37-15-4-2-14(3-5-15)30-23(31-26)33-10-8-32(9-11-33)22(36)20(35)16-12-28-19-18(16)17(24)13-29-21(19)34(27)7-6-25/h2,4-7,12-14,28H,3,8-11,25-27H2,1H3,(H,30,31)/b7-6-. The molecule has 1 amide bonds. The summed E-state index contributed by atoms with van der Waals surface area (Å²) >= 11 is 0. The number of pyridine rings is 1. The molecule has 3 heterocycles. The fraction of sp³-hybridized carbons (Fsp3) is 0.304. The van der Waals surface area contributed by atoms with Gasteiger partial charge in [-0.15, -0.1) is 0 Å². The lowest BCUT2D eigenvalue weighted by Gasteiger charge is -2.36. The Morgan fingerprint density at radius 2 is 2.05 bits per heavy atom. The number of H-pyrrole nitrogens is 1. The van der Waals surface area contributed by atoms with Gasteiger partial charge in [0.1, 0.15) is 5.76 Å². The average molecular weight is 513 g/mol. The van der Waals surface area contributed by atoms with E-state index < -0.39 is 17.5 Å². The van der Waals surface area contributed by atoms with Crippen molar-refractivity contribution in [1.29, 1.82) is 0 Å². The van der Waals surface area contributed by atoms with Crippen LogP contribution in [0.4, 0.5) is 10.2 Å². The van der Waals surface area contributed by atoms with Crippen molar-refractivity contribution in [1.82, 2.24) is 25.2 Å². The highest BCUT2D eigenvalue weighted by molar-refractivity contribution is 6.45. The third-order valence-corrected chi connectivity index (χ3v) is 6.14. The van der Waals surface area contributed by atoms with Gasteiger partial charge in [0.2, 0.25) is 5.96 Å². The zero-order valence-electron chi connectivity index (χ0n) is 20.2. The van der Waals surface area contributed by atoms with Crippen molar-refractivity contribution in [3.63, 3.8) is 0 Å². The number of nitrogens with two attached hydrogens (primary N) is 3. The molecular weight excluding hydrogens is 483 g/mol. The predicted octanol–water partition coefficient (Wildman–Crippen LogP) is -0.183. The van der Waals surface area contributed by atoms with Gasteiger partial charge in [0.15, 0.2) is 11.6 Å². The lowest BCUT2D eigenvalue weighted by atomic mass is 10.1. The summed E-state index contributed by atoms with van der Waals surface area (Å²) in [6.45, 7) is 1.33. The van der Waals surface area contributed by atoms with Crippen LogP contribution in [0.1, 0.15) is 16.8 Å². The van der Waals surface area contributed by atoms with Gasteiger partial charge in [-0.05, 0) is 18.6 Å². The number of carbonyl (C=O) groups is 2. The van der Waals surface area contributed by atoms with Gasteiger partial charge in [-0.1, -0.05) is 6.08 Å². The van der Waals surface area contributed by atoms with Crippen molar-refractivity contribution in [3.8, 4) is 0 Å². The maximum Gasteiger partial charge on any atom is 0.295 e. The summed E-state index contributed by atoms with van der Waals surface area (Å²) in [7, 11) is 1.61. The van der Waals surface area contributed by atoms with Crippen molar-refractivity contribution in [3.05, 3.63) is 60.2 Å². The Morgan fingerprint density at radius 3 is 2.68 bits per heavy atom. The second-order valence-electron chi connectivity index (χ2n) is 8.31. The normalized spacial score (nSPS) is 18.3. The number of nitrogens with zero attached hydrogens (tertiary/aromatic N) is 5. The van der Waals surface area contributed by atoms with E-state index in [1.54, 1.807) is 7.11 Å². The summed E-state index contributed by atoms with van der Waals surface area (Å²) in [5, 5.41) is 1.00. The summed E-state index contributed by atoms with van der Waals surface area (Å²) in [6, 6.07) is -0.105. The van der Waals surface area contributed by atoms with Crippen LogP contribution in [0.2, 0.25) is 0 Å². The number of amides is 1. The number of aromatic nitrogens is 2. The number of hydrazine groups is 2. The molecule has 1 atom stereocenters. The third-order valence-electron chi connectivity index (χ3n) is 6.14. The van der Waals surface area contributed by atoms with E-state index in [1.165, 1.54) is 23.5 Å². The number of methoxy groups -OCH3 is 1. The number of hydrogen-bond acceptors (Lipinski definition) is 9. The van der Waals surface area contributed by atoms with E-state index in [0.717, 1.165) is 17.0 Å². The van der Waals surface area contributed by atoms with Crippen LogP contribution >= 0.6 is 0 Å². The molecule has 0 saturated carbocycles. The average Bonchev–Trinajstić information content (AvgIpc) is 3.38. The van der Waals surface area contributed by atoms with Gasteiger partial charge in [-0.25, -0.2) is 26.1 Å². The Morgan fingerprint density at radius 1 is 1.32 bits per heavy atom. The van der Waals surface area contributed by atoms with Crippen LogP contribution in [-0.4, -0.2) is 76.7 Å². The minimum Gasteiger partial charge on any atom is -0.497 e. The zero-order valence-corrected chi connectivity index (χ0v) is 20.2. The number of halogens is 1. The Hall–Kier alpha value is -4.43. The molecule has 2 aliphatic rings. The van der Waals surface area contributed by atoms with E-state index in [-0.39, 0.29) is 41.4 Å². The molecule has 196 valence electrons. The maximum absolute atomic E-state index is 14.7. The molecule has 0 radical (unpaired) electrons. The number of nitrogens with one attached hydrogen (secondary N) is 2. The van der Waals surface area contributed by atoms with E-state index >= 15 is 0 Å². The number of piperazine rings is 1. The molecule has 1 fully saturated rings.